The van der Waals surface area contributed by atoms with Crippen molar-refractivity contribution in [2.45, 2.75) is 45.4 Å². The summed E-state index contributed by atoms with van der Waals surface area (Å²) in [6.45, 7) is 5.77. The molecule has 1 aliphatic rings. The van der Waals surface area contributed by atoms with E-state index in [4.69, 9.17) is 4.52 Å². The van der Waals surface area contributed by atoms with Crippen LogP contribution >= 0.6 is 0 Å². The van der Waals surface area contributed by atoms with Crippen LogP contribution < -0.4 is 5.32 Å². The average Bonchev–Trinajstić information content (AvgIpc) is 3.25. The van der Waals surface area contributed by atoms with Gasteiger partial charge in [0.2, 0.25) is 11.8 Å². The van der Waals surface area contributed by atoms with Crippen molar-refractivity contribution in [3.63, 3.8) is 0 Å². The molecule has 1 aromatic heterocycles. The molecule has 1 N–H and O–H groups in total. The Labute approximate surface area is 143 Å². The fraction of sp³-hybridized carbons (Fsp3) is 0.706. The quantitative estimate of drug-likeness (QED) is 0.662. The van der Waals surface area contributed by atoms with Gasteiger partial charge in [-0.2, -0.15) is 0 Å². The Morgan fingerprint density at radius 3 is 2.79 bits per heavy atom. The lowest BCUT2D eigenvalue weighted by Gasteiger charge is -2.25. The Bertz CT molecular complexity index is 498. The summed E-state index contributed by atoms with van der Waals surface area (Å²) >= 11 is 0. The SMILES string of the molecule is CCCCCC(=O)N(CCN1CCCC1)CC(=O)Nc1ccon1. The van der Waals surface area contributed by atoms with E-state index in [-0.39, 0.29) is 18.4 Å². The second-order valence-corrected chi connectivity index (χ2v) is 6.25. The van der Waals surface area contributed by atoms with Crippen LogP contribution in [0.2, 0.25) is 0 Å². The Balaban J connectivity index is 1.84. The molecular weight excluding hydrogens is 308 g/mol. The fourth-order valence-corrected chi connectivity index (χ4v) is 2.88. The molecule has 0 radical (unpaired) electrons. The lowest BCUT2D eigenvalue weighted by Crippen LogP contribution is -2.42. The molecule has 0 aliphatic carbocycles. The molecule has 0 bridgehead atoms. The number of aromatic nitrogens is 1. The van der Waals surface area contributed by atoms with E-state index in [9.17, 15) is 9.59 Å². The van der Waals surface area contributed by atoms with Gasteiger partial charge in [-0.1, -0.05) is 24.9 Å². The van der Waals surface area contributed by atoms with Gasteiger partial charge in [0.05, 0.1) is 6.54 Å². The first-order chi connectivity index (χ1) is 11.7. The van der Waals surface area contributed by atoms with Crippen LogP contribution in [0, 0.1) is 0 Å². The first-order valence-corrected chi connectivity index (χ1v) is 8.89. The number of unbranched alkanes of at least 4 members (excludes halogenated alkanes) is 2. The maximum Gasteiger partial charge on any atom is 0.245 e. The minimum absolute atomic E-state index is 0.0537. The van der Waals surface area contributed by atoms with E-state index >= 15 is 0 Å². The van der Waals surface area contributed by atoms with Crippen molar-refractivity contribution in [3.05, 3.63) is 12.3 Å². The van der Waals surface area contributed by atoms with Crippen molar-refractivity contribution in [2.75, 3.05) is 38.0 Å². The zero-order valence-corrected chi connectivity index (χ0v) is 14.5. The first-order valence-electron chi connectivity index (χ1n) is 8.89. The van der Waals surface area contributed by atoms with E-state index in [1.54, 1.807) is 11.0 Å². The summed E-state index contributed by atoms with van der Waals surface area (Å²) in [5.74, 6) is 0.185. The lowest BCUT2D eigenvalue weighted by atomic mass is 10.2. The molecule has 1 aliphatic heterocycles. The van der Waals surface area contributed by atoms with Crippen molar-refractivity contribution < 1.29 is 14.1 Å². The number of rotatable bonds is 10. The fourth-order valence-electron chi connectivity index (χ4n) is 2.88. The Hall–Kier alpha value is -1.89. The Morgan fingerprint density at radius 1 is 1.33 bits per heavy atom. The topological polar surface area (TPSA) is 78.7 Å². The predicted molar refractivity (Wildman–Crippen MR) is 91.5 cm³/mol. The van der Waals surface area contributed by atoms with Crippen molar-refractivity contribution in [1.29, 1.82) is 0 Å². The first kappa shape index (κ1) is 18.4. The third-order valence-corrected chi connectivity index (χ3v) is 4.27. The average molecular weight is 336 g/mol. The molecule has 2 heterocycles. The van der Waals surface area contributed by atoms with E-state index in [1.165, 1.54) is 19.1 Å². The van der Waals surface area contributed by atoms with E-state index < -0.39 is 0 Å². The molecule has 134 valence electrons. The standard InChI is InChI=1S/C17H28N4O3/c1-2-3-4-7-17(23)21(12-11-20-9-5-6-10-20)14-16(22)18-15-8-13-24-19-15/h8,13H,2-7,9-12,14H2,1H3,(H,18,19,22). The number of anilines is 1. The second-order valence-electron chi connectivity index (χ2n) is 6.25. The summed E-state index contributed by atoms with van der Waals surface area (Å²) in [4.78, 5) is 28.6. The summed E-state index contributed by atoms with van der Waals surface area (Å²) in [6, 6.07) is 1.58. The van der Waals surface area contributed by atoms with Gasteiger partial charge in [-0.15, -0.1) is 0 Å². The summed E-state index contributed by atoms with van der Waals surface area (Å²) in [5, 5.41) is 6.31. The molecule has 1 fully saturated rings. The van der Waals surface area contributed by atoms with Crippen LogP contribution in [0.1, 0.15) is 45.4 Å². The number of hydrogen-bond donors (Lipinski definition) is 1. The number of amides is 2. The van der Waals surface area contributed by atoms with Gasteiger partial charge < -0.3 is 19.6 Å². The highest BCUT2D eigenvalue weighted by molar-refractivity contribution is 5.93. The highest BCUT2D eigenvalue weighted by Crippen LogP contribution is 2.09. The van der Waals surface area contributed by atoms with Crippen LogP contribution in [0.3, 0.4) is 0 Å². The maximum absolute atomic E-state index is 12.5. The molecule has 0 unspecified atom stereocenters. The molecular formula is C17H28N4O3. The minimum Gasteiger partial charge on any atom is -0.363 e. The lowest BCUT2D eigenvalue weighted by molar-refractivity contribution is -0.135. The van der Waals surface area contributed by atoms with E-state index in [1.807, 2.05) is 0 Å². The molecule has 2 rings (SSSR count). The van der Waals surface area contributed by atoms with Crippen molar-refractivity contribution in [2.24, 2.45) is 0 Å². The van der Waals surface area contributed by atoms with Crippen LogP contribution in [-0.2, 0) is 9.59 Å². The Kier molecular flexibility index (Phi) is 7.74. The molecule has 0 spiro atoms. The zero-order valence-electron chi connectivity index (χ0n) is 14.5. The van der Waals surface area contributed by atoms with Gasteiger partial charge in [0.15, 0.2) is 5.82 Å². The number of nitrogens with zero attached hydrogens (tertiary/aromatic N) is 3. The molecule has 0 atom stereocenters. The monoisotopic (exact) mass is 336 g/mol. The van der Waals surface area contributed by atoms with Crippen LogP contribution in [0.5, 0.6) is 0 Å². The summed E-state index contributed by atoms with van der Waals surface area (Å²) < 4.78 is 4.70. The van der Waals surface area contributed by atoms with Crippen LogP contribution in [0.15, 0.2) is 16.9 Å². The highest BCUT2D eigenvalue weighted by Gasteiger charge is 2.19. The van der Waals surface area contributed by atoms with E-state index in [0.29, 0.717) is 18.8 Å². The summed E-state index contributed by atoms with van der Waals surface area (Å²) in [6.07, 6.45) is 7.33. The molecule has 7 nitrogen and oxygen atoms in total. The van der Waals surface area contributed by atoms with E-state index in [2.05, 4.69) is 22.3 Å². The molecule has 1 aromatic rings. The van der Waals surface area contributed by atoms with Crippen molar-refractivity contribution >= 4 is 17.6 Å². The molecule has 2 amide bonds. The number of nitrogens with one attached hydrogen (secondary N) is 1. The van der Waals surface area contributed by atoms with Gasteiger partial charge in [0.1, 0.15) is 6.26 Å². The number of carbonyl (C=O) groups is 2. The van der Waals surface area contributed by atoms with Gasteiger partial charge in [-0.3, -0.25) is 9.59 Å². The molecule has 1 saturated heterocycles. The smallest absolute Gasteiger partial charge is 0.245 e. The number of carbonyl (C=O) groups excluding carboxylic acids is 2. The van der Waals surface area contributed by atoms with Gasteiger partial charge in [-0.05, 0) is 32.4 Å². The predicted octanol–water partition coefficient (Wildman–Crippen LogP) is 2.12. The van der Waals surface area contributed by atoms with E-state index in [0.717, 1.165) is 38.9 Å². The van der Waals surface area contributed by atoms with Gasteiger partial charge in [0.25, 0.3) is 0 Å². The normalized spacial score (nSPS) is 14.7. The second kappa shape index (κ2) is 10.1. The van der Waals surface area contributed by atoms with Crippen LogP contribution in [0.4, 0.5) is 5.82 Å². The number of likely N-dealkylation sites (tertiary alicyclic amines) is 1. The summed E-state index contributed by atoms with van der Waals surface area (Å²) in [5.41, 5.74) is 0. The Morgan fingerprint density at radius 2 is 2.12 bits per heavy atom. The van der Waals surface area contributed by atoms with Gasteiger partial charge in [0, 0.05) is 25.6 Å². The third-order valence-electron chi connectivity index (χ3n) is 4.27. The van der Waals surface area contributed by atoms with Crippen LogP contribution in [0.25, 0.3) is 0 Å². The van der Waals surface area contributed by atoms with Crippen LogP contribution in [-0.4, -0.2) is 59.5 Å². The molecule has 0 saturated carbocycles. The highest BCUT2D eigenvalue weighted by atomic mass is 16.5. The summed E-state index contributed by atoms with van der Waals surface area (Å²) in [7, 11) is 0. The molecule has 7 heteroatoms. The van der Waals surface area contributed by atoms with Gasteiger partial charge >= 0.3 is 0 Å². The van der Waals surface area contributed by atoms with Crippen molar-refractivity contribution in [1.82, 2.24) is 15.0 Å². The minimum atomic E-state index is -0.242. The third kappa shape index (κ3) is 6.31. The molecule has 0 aromatic carbocycles. The largest absolute Gasteiger partial charge is 0.363 e. The van der Waals surface area contributed by atoms with Crippen molar-refractivity contribution in [3.8, 4) is 0 Å². The maximum atomic E-state index is 12.5. The zero-order chi connectivity index (χ0) is 17.2. The molecule has 24 heavy (non-hydrogen) atoms. The number of hydrogen-bond acceptors (Lipinski definition) is 5. The van der Waals surface area contributed by atoms with Gasteiger partial charge in [-0.25, -0.2) is 0 Å².